The molecule has 0 aliphatic heterocycles. The van der Waals surface area contributed by atoms with Crippen LogP contribution in [0.4, 0.5) is 0 Å². The Labute approximate surface area is 119 Å². The number of amides is 1. The van der Waals surface area contributed by atoms with Crippen molar-refractivity contribution in [1.29, 1.82) is 0 Å². The van der Waals surface area contributed by atoms with E-state index in [1.807, 2.05) is 0 Å². The van der Waals surface area contributed by atoms with E-state index in [0.29, 0.717) is 4.47 Å². The summed E-state index contributed by atoms with van der Waals surface area (Å²) in [7, 11) is -1.15. The highest BCUT2D eigenvalue weighted by atomic mass is 79.9. The van der Waals surface area contributed by atoms with Crippen molar-refractivity contribution in [3.8, 4) is 0 Å². The molecule has 1 aromatic rings. The lowest BCUT2D eigenvalue weighted by Gasteiger charge is -2.12. The third-order valence-corrected chi connectivity index (χ3v) is 4.45. The van der Waals surface area contributed by atoms with E-state index in [4.69, 9.17) is 5.11 Å². The van der Waals surface area contributed by atoms with Crippen LogP contribution >= 0.6 is 15.9 Å². The quantitative estimate of drug-likeness (QED) is 0.875. The molecule has 0 aliphatic carbocycles. The van der Waals surface area contributed by atoms with Gasteiger partial charge in [-0.05, 0) is 18.2 Å². The number of hydrogen-bond donors (Lipinski definition) is 1. The average Bonchev–Trinajstić information content (AvgIpc) is 2.27. The van der Waals surface area contributed by atoms with Crippen LogP contribution in [0.3, 0.4) is 0 Å². The molecule has 0 unspecified atom stereocenters. The summed E-state index contributed by atoms with van der Waals surface area (Å²) in [5.41, 5.74) is -0.352. The molecule has 0 bridgehead atoms. The Morgan fingerprint density at radius 1 is 1.32 bits per heavy atom. The fraction of sp³-hybridized carbons (Fsp3) is 0.273. The van der Waals surface area contributed by atoms with Crippen molar-refractivity contribution < 1.29 is 23.1 Å². The van der Waals surface area contributed by atoms with Crippen molar-refractivity contribution in [3.05, 3.63) is 28.2 Å². The molecular formula is C11H12BrNO5S. The number of nitrogens with zero attached hydrogens (tertiary/aromatic N) is 1. The van der Waals surface area contributed by atoms with Crippen LogP contribution in [0.1, 0.15) is 10.4 Å². The Balaban J connectivity index is 3.32. The smallest absolute Gasteiger partial charge is 0.337 e. The third-order valence-electron chi connectivity index (χ3n) is 2.32. The number of carboxylic acid groups (broad SMARTS) is 1. The number of aromatic carboxylic acids is 1. The van der Waals surface area contributed by atoms with Gasteiger partial charge in [0, 0.05) is 18.6 Å². The molecule has 0 spiro atoms. The zero-order valence-electron chi connectivity index (χ0n) is 10.3. The van der Waals surface area contributed by atoms with Gasteiger partial charge in [0.25, 0.3) is 0 Å². The van der Waals surface area contributed by atoms with Gasteiger partial charge in [0.2, 0.25) is 5.91 Å². The van der Waals surface area contributed by atoms with Crippen LogP contribution in [0.25, 0.3) is 0 Å². The summed E-state index contributed by atoms with van der Waals surface area (Å²) in [6.45, 7) is 0. The zero-order chi connectivity index (χ0) is 14.8. The first-order chi connectivity index (χ1) is 8.65. The first kappa shape index (κ1) is 15.6. The average molecular weight is 350 g/mol. The highest BCUT2D eigenvalue weighted by molar-refractivity contribution is 9.10. The van der Waals surface area contributed by atoms with Gasteiger partial charge >= 0.3 is 5.97 Å². The third kappa shape index (κ3) is 3.77. The molecule has 0 saturated heterocycles. The van der Waals surface area contributed by atoms with E-state index in [1.54, 1.807) is 0 Å². The summed E-state index contributed by atoms with van der Waals surface area (Å²) < 4.78 is 24.6. The number of carbonyl (C=O) groups is 2. The van der Waals surface area contributed by atoms with Crippen molar-refractivity contribution in [2.75, 3.05) is 19.8 Å². The first-order valence-electron chi connectivity index (χ1n) is 5.11. The van der Waals surface area contributed by atoms with Crippen molar-refractivity contribution in [3.63, 3.8) is 0 Å². The summed E-state index contributed by atoms with van der Waals surface area (Å²) in [6, 6.07) is 3.79. The van der Waals surface area contributed by atoms with Crippen LogP contribution in [0.5, 0.6) is 0 Å². The number of halogens is 1. The van der Waals surface area contributed by atoms with E-state index in [-0.39, 0.29) is 10.5 Å². The highest BCUT2D eigenvalue weighted by Gasteiger charge is 2.26. The van der Waals surface area contributed by atoms with Crippen molar-refractivity contribution >= 4 is 37.6 Å². The minimum Gasteiger partial charge on any atom is -0.478 e. The monoisotopic (exact) mass is 349 g/mol. The molecule has 8 heteroatoms. The number of rotatable bonds is 4. The van der Waals surface area contributed by atoms with Crippen molar-refractivity contribution in [2.24, 2.45) is 0 Å². The van der Waals surface area contributed by atoms with Crippen molar-refractivity contribution in [1.82, 2.24) is 4.90 Å². The molecule has 0 aliphatic rings. The van der Waals surface area contributed by atoms with Gasteiger partial charge in [-0.25, -0.2) is 13.2 Å². The minimum atomic E-state index is -4.00. The standard InChI is InChI=1S/C11H12BrNO5S/c1-13(2)10(14)6-19(17,18)9-5-7(12)3-4-8(9)11(15)16/h3-5H,6H2,1-2H3,(H,15,16). The van der Waals surface area contributed by atoms with E-state index in [2.05, 4.69) is 15.9 Å². The number of hydrogen-bond acceptors (Lipinski definition) is 4. The molecule has 6 nitrogen and oxygen atoms in total. The SMILES string of the molecule is CN(C)C(=O)CS(=O)(=O)c1cc(Br)ccc1C(=O)O. The summed E-state index contributed by atoms with van der Waals surface area (Å²) in [5, 5.41) is 8.99. The zero-order valence-corrected chi connectivity index (χ0v) is 12.7. The van der Waals surface area contributed by atoms with Crippen LogP contribution in [-0.2, 0) is 14.6 Å². The van der Waals surface area contributed by atoms with Crippen LogP contribution in [0, 0.1) is 0 Å². The van der Waals surface area contributed by atoms with Gasteiger partial charge in [-0.15, -0.1) is 0 Å². The van der Waals surface area contributed by atoms with Gasteiger partial charge in [-0.1, -0.05) is 15.9 Å². The second-order valence-corrected chi connectivity index (χ2v) is 6.87. The molecule has 0 fully saturated rings. The van der Waals surface area contributed by atoms with E-state index in [0.717, 1.165) is 4.90 Å². The molecule has 0 aromatic heterocycles. The highest BCUT2D eigenvalue weighted by Crippen LogP contribution is 2.22. The van der Waals surface area contributed by atoms with E-state index in [9.17, 15) is 18.0 Å². The molecule has 1 aromatic carbocycles. The van der Waals surface area contributed by atoms with E-state index < -0.39 is 27.5 Å². The van der Waals surface area contributed by atoms with Gasteiger partial charge in [-0.2, -0.15) is 0 Å². The topological polar surface area (TPSA) is 91.8 Å². The Bertz CT molecular complexity index is 624. The molecule has 104 valence electrons. The molecule has 1 rings (SSSR count). The number of benzene rings is 1. The Kier molecular flexibility index (Phi) is 4.70. The predicted molar refractivity (Wildman–Crippen MR) is 71.8 cm³/mol. The minimum absolute atomic E-state index is 0.352. The summed E-state index contributed by atoms with van der Waals surface area (Å²) in [4.78, 5) is 23.3. The molecule has 0 heterocycles. The molecular weight excluding hydrogens is 338 g/mol. The predicted octanol–water partition coefficient (Wildman–Crippen LogP) is 1.01. The lowest BCUT2D eigenvalue weighted by molar-refractivity contribution is -0.125. The number of sulfone groups is 1. The van der Waals surface area contributed by atoms with Crippen molar-refractivity contribution in [2.45, 2.75) is 4.90 Å². The lowest BCUT2D eigenvalue weighted by atomic mass is 10.2. The van der Waals surface area contributed by atoms with Crippen LogP contribution in [0.2, 0.25) is 0 Å². The fourth-order valence-electron chi connectivity index (χ4n) is 1.30. The van der Waals surface area contributed by atoms with Gasteiger partial charge in [0.1, 0.15) is 5.75 Å². The Morgan fingerprint density at radius 3 is 2.37 bits per heavy atom. The van der Waals surface area contributed by atoms with Crippen LogP contribution in [-0.4, -0.2) is 50.1 Å². The summed E-state index contributed by atoms with van der Waals surface area (Å²) in [6.07, 6.45) is 0. The van der Waals surface area contributed by atoms with Gasteiger partial charge in [-0.3, -0.25) is 4.79 Å². The first-order valence-corrected chi connectivity index (χ1v) is 7.55. The summed E-state index contributed by atoms with van der Waals surface area (Å²) in [5.74, 6) is -2.74. The van der Waals surface area contributed by atoms with Gasteiger partial charge < -0.3 is 10.0 Å². The molecule has 0 atom stereocenters. The second-order valence-electron chi connectivity index (χ2n) is 3.99. The molecule has 19 heavy (non-hydrogen) atoms. The van der Waals surface area contributed by atoms with Crippen LogP contribution in [0.15, 0.2) is 27.6 Å². The maximum Gasteiger partial charge on any atom is 0.337 e. The fourth-order valence-corrected chi connectivity index (χ4v) is 3.35. The normalized spacial score (nSPS) is 11.1. The number of carboxylic acids is 1. The lowest BCUT2D eigenvalue weighted by Crippen LogP contribution is -2.29. The Morgan fingerprint density at radius 2 is 1.89 bits per heavy atom. The maximum absolute atomic E-state index is 12.1. The van der Waals surface area contributed by atoms with Gasteiger partial charge in [0.15, 0.2) is 9.84 Å². The largest absolute Gasteiger partial charge is 0.478 e. The molecule has 0 saturated carbocycles. The van der Waals surface area contributed by atoms with Crippen LogP contribution < -0.4 is 0 Å². The van der Waals surface area contributed by atoms with E-state index in [1.165, 1.54) is 32.3 Å². The van der Waals surface area contributed by atoms with Gasteiger partial charge in [0.05, 0.1) is 10.5 Å². The Hall–Kier alpha value is -1.41. The maximum atomic E-state index is 12.1. The number of carbonyl (C=O) groups excluding carboxylic acids is 1. The molecule has 0 radical (unpaired) electrons. The second kappa shape index (κ2) is 5.70. The molecule has 1 amide bonds. The van der Waals surface area contributed by atoms with E-state index >= 15 is 0 Å². The summed E-state index contributed by atoms with van der Waals surface area (Å²) >= 11 is 3.08. The molecule has 1 N–H and O–H groups in total.